The lowest BCUT2D eigenvalue weighted by atomic mass is 10.0. The minimum atomic E-state index is -0.534. The molecule has 0 spiro atoms. The van der Waals surface area contributed by atoms with Crippen molar-refractivity contribution in [2.45, 2.75) is 38.8 Å². The zero-order valence-electron chi connectivity index (χ0n) is 19.6. The number of aromatic nitrogens is 3. The van der Waals surface area contributed by atoms with Gasteiger partial charge in [-0.15, -0.1) is 0 Å². The molecule has 1 amide bonds. The van der Waals surface area contributed by atoms with Gasteiger partial charge in [-0.05, 0) is 19.8 Å². The number of anilines is 1. The zero-order valence-corrected chi connectivity index (χ0v) is 21.1. The fourth-order valence-electron chi connectivity index (χ4n) is 3.62. The van der Waals surface area contributed by atoms with Gasteiger partial charge in [0.05, 0.1) is 42.1 Å². The Labute approximate surface area is 206 Å². The smallest absolute Gasteiger partial charge is 0.358 e. The van der Waals surface area contributed by atoms with Gasteiger partial charge in [0.1, 0.15) is 0 Å². The summed E-state index contributed by atoms with van der Waals surface area (Å²) in [7, 11) is 3.05. The van der Waals surface area contributed by atoms with E-state index in [4.69, 9.17) is 25.9 Å². The highest BCUT2D eigenvalue weighted by molar-refractivity contribution is 7.17. The largest absolute Gasteiger partial charge is 0.461 e. The van der Waals surface area contributed by atoms with Gasteiger partial charge in [0.15, 0.2) is 21.8 Å². The number of hydrogen-bond acceptors (Lipinski definition) is 10. The van der Waals surface area contributed by atoms with Crippen LogP contribution in [0.15, 0.2) is 6.58 Å². The first-order valence-electron chi connectivity index (χ1n) is 10.8. The maximum atomic E-state index is 12.7. The van der Waals surface area contributed by atoms with Crippen molar-refractivity contribution in [1.82, 2.24) is 25.7 Å². The van der Waals surface area contributed by atoms with E-state index in [1.807, 2.05) is 11.8 Å². The van der Waals surface area contributed by atoms with Crippen LogP contribution in [0.5, 0.6) is 0 Å². The van der Waals surface area contributed by atoms with Crippen molar-refractivity contribution in [2.24, 2.45) is 0 Å². The number of ether oxygens (including phenoxy) is 2. The van der Waals surface area contributed by atoms with E-state index in [0.29, 0.717) is 52.5 Å². The summed E-state index contributed by atoms with van der Waals surface area (Å²) in [6.07, 6.45) is 0.932. The van der Waals surface area contributed by atoms with Gasteiger partial charge >= 0.3 is 5.97 Å². The first-order valence-corrected chi connectivity index (χ1v) is 12.0. The molecular formula is C21H29ClN6O5S. The molecule has 0 saturated carbocycles. The molecular weight excluding hydrogens is 484 g/mol. The van der Waals surface area contributed by atoms with Crippen LogP contribution in [0, 0.1) is 0 Å². The van der Waals surface area contributed by atoms with Crippen molar-refractivity contribution in [1.29, 1.82) is 0 Å². The number of halogens is 1. The number of hydroxylamine groups is 1. The molecule has 0 bridgehead atoms. The van der Waals surface area contributed by atoms with Crippen molar-refractivity contribution in [2.75, 3.05) is 38.8 Å². The van der Waals surface area contributed by atoms with E-state index in [2.05, 4.69) is 32.3 Å². The van der Waals surface area contributed by atoms with Gasteiger partial charge in [0.25, 0.3) is 5.91 Å². The van der Waals surface area contributed by atoms with Crippen molar-refractivity contribution in [3.05, 3.63) is 33.8 Å². The maximum absolute atomic E-state index is 12.7. The number of esters is 1. The average molecular weight is 513 g/mol. The summed E-state index contributed by atoms with van der Waals surface area (Å²) >= 11 is 7.36. The lowest BCUT2D eigenvalue weighted by molar-refractivity contribution is 0.0516. The van der Waals surface area contributed by atoms with Gasteiger partial charge in [-0.3, -0.25) is 15.1 Å². The van der Waals surface area contributed by atoms with E-state index < -0.39 is 5.97 Å². The van der Waals surface area contributed by atoms with Crippen LogP contribution >= 0.6 is 22.9 Å². The van der Waals surface area contributed by atoms with Gasteiger partial charge in [0.2, 0.25) is 0 Å². The Morgan fingerprint density at radius 3 is 2.71 bits per heavy atom. The molecule has 186 valence electrons. The van der Waals surface area contributed by atoms with Gasteiger partial charge < -0.3 is 24.7 Å². The van der Waals surface area contributed by atoms with Crippen LogP contribution in [0.4, 0.5) is 5.13 Å². The normalized spacial score (nSPS) is 18.0. The Kier molecular flexibility index (Phi) is 8.89. The Hall–Kier alpha value is -2.67. The third kappa shape index (κ3) is 5.69. The number of nitrogens with one attached hydrogen (secondary N) is 3. The monoisotopic (exact) mass is 512 g/mol. The molecule has 1 fully saturated rings. The molecule has 0 unspecified atom stereocenters. The molecule has 0 radical (unpaired) electrons. The fraction of sp³-hybridized carbons (Fsp3) is 0.524. The maximum Gasteiger partial charge on any atom is 0.358 e. The van der Waals surface area contributed by atoms with Crippen molar-refractivity contribution in [3.63, 3.8) is 0 Å². The molecule has 2 aromatic heterocycles. The molecule has 1 saturated heterocycles. The van der Waals surface area contributed by atoms with Gasteiger partial charge in [-0.1, -0.05) is 36.4 Å². The number of methoxy groups -OCH3 is 1. The molecule has 3 N–H and O–H groups in total. The van der Waals surface area contributed by atoms with Crippen LogP contribution in [0.2, 0.25) is 5.15 Å². The van der Waals surface area contributed by atoms with E-state index in [-0.39, 0.29) is 36.2 Å². The topological polar surface area (TPSA) is 131 Å². The van der Waals surface area contributed by atoms with E-state index >= 15 is 0 Å². The van der Waals surface area contributed by atoms with E-state index in [9.17, 15) is 9.59 Å². The third-order valence-electron chi connectivity index (χ3n) is 5.33. The Morgan fingerprint density at radius 2 is 2.09 bits per heavy atom. The number of carbonyl (C=O) groups is 2. The molecule has 2 aromatic rings. The molecule has 11 nitrogen and oxygen atoms in total. The highest BCUT2D eigenvalue weighted by Gasteiger charge is 2.34. The van der Waals surface area contributed by atoms with Crippen LogP contribution in [0.25, 0.3) is 5.70 Å². The zero-order chi connectivity index (χ0) is 24.8. The molecule has 0 aromatic carbocycles. The van der Waals surface area contributed by atoms with E-state index in [1.165, 1.54) is 18.4 Å². The number of hydrogen-bond donors (Lipinski definition) is 3. The summed E-state index contributed by atoms with van der Waals surface area (Å²) in [5.41, 5.74) is 3.94. The lowest BCUT2D eigenvalue weighted by Crippen LogP contribution is -2.55. The summed E-state index contributed by atoms with van der Waals surface area (Å²) < 4.78 is 10.8. The van der Waals surface area contributed by atoms with Crippen LogP contribution in [-0.2, 0) is 20.7 Å². The molecule has 3 heterocycles. The fourth-order valence-corrected chi connectivity index (χ4v) is 4.89. The number of imidazole rings is 1. The van der Waals surface area contributed by atoms with Crippen molar-refractivity contribution >= 4 is 45.6 Å². The predicted octanol–water partition coefficient (Wildman–Crippen LogP) is 2.40. The van der Waals surface area contributed by atoms with E-state index in [1.54, 1.807) is 14.0 Å². The van der Waals surface area contributed by atoms with Crippen LogP contribution in [0.1, 0.15) is 51.9 Å². The van der Waals surface area contributed by atoms with Crippen molar-refractivity contribution in [3.8, 4) is 0 Å². The second kappa shape index (κ2) is 11.6. The SMILES string of the molecule is C=C(NOC)c1sc(N2CC[C@@H](NC(=O)c3nc(Cl)c(CC)[nH]3)[C@@H](OC)C2)nc1C(=O)OCC. The Balaban J connectivity index is 1.74. The van der Waals surface area contributed by atoms with Crippen LogP contribution in [0.3, 0.4) is 0 Å². The second-order valence-corrected chi connectivity index (χ2v) is 8.81. The molecule has 1 aliphatic heterocycles. The Bertz CT molecular complexity index is 1010. The quantitative estimate of drug-likeness (QED) is 0.324. The molecule has 13 heteroatoms. The predicted molar refractivity (Wildman–Crippen MR) is 129 cm³/mol. The van der Waals surface area contributed by atoms with E-state index in [0.717, 1.165) is 0 Å². The van der Waals surface area contributed by atoms with Gasteiger partial charge in [-0.25, -0.2) is 14.8 Å². The van der Waals surface area contributed by atoms with Crippen LogP contribution < -0.4 is 15.7 Å². The lowest BCUT2D eigenvalue weighted by Gasteiger charge is -2.37. The van der Waals surface area contributed by atoms with Gasteiger partial charge in [0, 0.05) is 20.2 Å². The number of carbonyl (C=O) groups excluding carboxylic acids is 2. The number of aryl methyl sites for hydroxylation is 1. The summed E-state index contributed by atoms with van der Waals surface area (Å²) in [5, 5.41) is 3.90. The van der Waals surface area contributed by atoms with Crippen LogP contribution in [-0.4, -0.2) is 72.9 Å². The number of aromatic amines is 1. The molecule has 1 aliphatic rings. The first-order chi connectivity index (χ1) is 16.3. The highest BCUT2D eigenvalue weighted by atomic mass is 35.5. The molecule has 34 heavy (non-hydrogen) atoms. The molecule has 3 rings (SSSR count). The molecule has 2 atom stereocenters. The number of H-pyrrole nitrogens is 1. The number of thiazole rings is 1. The Morgan fingerprint density at radius 1 is 1.32 bits per heavy atom. The van der Waals surface area contributed by atoms with Gasteiger partial charge in [-0.2, -0.15) is 0 Å². The standard InChI is InChI=1S/C21H29ClN6O5S/c1-6-12-17(22)26-18(23-12)19(29)24-13-8-9-28(10-14(13)31-4)21-25-15(20(30)33-7-2)16(34-21)11(3)27-32-5/h13-14,27H,3,6-10H2,1-2,4-5H3,(H,23,26)(H,24,29)/t13-,14+/m1/s1. The minimum Gasteiger partial charge on any atom is -0.461 e. The van der Waals surface area contributed by atoms with Crippen molar-refractivity contribution < 1.29 is 23.9 Å². The molecule has 0 aliphatic carbocycles. The second-order valence-electron chi connectivity index (χ2n) is 7.48. The summed E-state index contributed by atoms with van der Waals surface area (Å²) in [6.45, 7) is 8.84. The summed E-state index contributed by atoms with van der Waals surface area (Å²) in [4.78, 5) is 44.2. The highest BCUT2D eigenvalue weighted by Crippen LogP contribution is 2.33. The summed E-state index contributed by atoms with van der Waals surface area (Å²) in [6, 6.07) is -0.239. The average Bonchev–Trinajstić information content (AvgIpc) is 3.43. The summed E-state index contributed by atoms with van der Waals surface area (Å²) in [5.74, 6) is -0.704. The number of rotatable bonds is 10. The number of piperidine rings is 1. The minimum absolute atomic E-state index is 0.169. The first kappa shape index (κ1) is 25.9. The third-order valence-corrected chi connectivity index (χ3v) is 6.82. The number of nitrogens with zero attached hydrogens (tertiary/aromatic N) is 3. The number of amides is 1.